The Hall–Kier alpha value is -1.31. The first-order valence-corrected chi connectivity index (χ1v) is 4.56. The molecule has 1 aromatic carbocycles. The summed E-state index contributed by atoms with van der Waals surface area (Å²) in [6, 6.07) is 4.60. The first-order valence-electron chi connectivity index (χ1n) is 3.17. The van der Waals surface area contributed by atoms with Crippen molar-refractivity contribution in [2.75, 3.05) is 4.47 Å². The maximum Gasteiger partial charge on any atom is 0.382 e. The van der Waals surface area contributed by atoms with E-state index in [4.69, 9.17) is 14.9 Å². The lowest BCUT2D eigenvalue weighted by Crippen LogP contribution is -2.25. The van der Waals surface area contributed by atoms with E-state index in [2.05, 4.69) is 0 Å². The summed E-state index contributed by atoms with van der Waals surface area (Å²) in [6.45, 7) is 0. The zero-order valence-electron chi connectivity index (χ0n) is 6.32. The van der Waals surface area contributed by atoms with E-state index in [0.29, 0.717) is 0 Å². The van der Waals surface area contributed by atoms with E-state index >= 15 is 0 Å². The molecule has 0 unspecified atom stereocenters. The third-order valence-corrected chi connectivity index (χ3v) is 1.94. The monoisotopic (exact) mass is 205 g/mol. The topological polar surface area (TPSA) is 98.1 Å². The van der Waals surface area contributed by atoms with Crippen molar-refractivity contribution < 1.29 is 23.3 Å². The van der Waals surface area contributed by atoms with Crippen LogP contribution in [0.2, 0.25) is 0 Å². The predicted molar refractivity (Wildman–Crippen MR) is 43.9 cm³/mol. The molecule has 72 valence electrons. The number of rotatable bonds is 2. The first kappa shape index (κ1) is 9.78. The Labute approximate surface area is 74.5 Å². The molecule has 0 spiro atoms. The van der Waals surface area contributed by atoms with Crippen LogP contribution in [0.15, 0.2) is 24.3 Å². The van der Waals surface area contributed by atoms with Gasteiger partial charge in [0.2, 0.25) is 0 Å². The largest absolute Gasteiger partial charge is 0.508 e. The van der Waals surface area contributed by atoms with Crippen LogP contribution in [0.1, 0.15) is 0 Å². The molecule has 1 aromatic rings. The van der Waals surface area contributed by atoms with Gasteiger partial charge in [-0.2, -0.15) is 8.42 Å². The molecule has 0 amide bonds. The quantitative estimate of drug-likeness (QED) is 0.479. The van der Waals surface area contributed by atoms with Gasteiger partial charge in [-0.1, -0.05) is 0 Å². The third kappa shape index (κ3) is 2.31. The van der Waals surface area contributed by atoms with Crippen molar-refractivity contribution in [2.24, 2.45) is 0 Å². The van der Waals surface area contributed by atoms with Crippen molar-refractivity contribution in [2.45, 2.75) is 0 Å². The Morgan fingerprint density at radius 1 is 1.15 bits per heavy atom. The van der Waals surface area contributed by atoms with Crippen LogP contribution in [0.3, 0.4) is 0 Å². The number of benzene rings is 1. The molecule has 0 saturated heterocycles. The van der Waals surface area contributed by atoms with Crippen molar-refractivity contribution in [1.29, 1.82) is 0 Å². The molecular formula is C6H7NO5S. The van der Waals surface area contributed by atoms with Crippen LogP contribution in [-0.4, -0.2) is 23.3 Å². The van der Waals surface area contributed by atoms with Crippen molar-refractivity contribution in [3.63, 3.8) is 0 Å². The lowest BCUT2D eigenvalue weighted by Gasteiger charge is -2.11. The van der Waals surface area contributed by atoms with Crippen LogP contribution in [0.25, 0.3) is 0 Å². The molecule has 0 radical (unpaired) electrons. The van der Waals surface area contributed by atoms with E-state index < -0.39 is 10.3 Å². The summed E-state index contributed by atoms with van der Waals surface area (Å²) in [4.78, 5) is 0. The van der Waals surface area contributed by atoms with Gasteiger partial charge in [-0.3, -0.25) is 9.76 Å². The Bertz CT molecular complexity index is 384. The number of hydrogen-bond acceptors (Lipinski definition) is 4. The summed E-state index contributed by atoms with van der Waals surface area (Å²) >= 11 is 0. The maximum absolute atomic E-state index is 10.4. The molecule has 0 heterocycles. The van der Waals surface area contributed by atoms with Gasteiger partial charge in [0.1, 0.15) is 5.75 Å². The molecule has 0 saturated carbocycles. The minimum Gasteiger partial charge on any atom is -0.508 e. The smallest absolute Gasteiger partial charge is 0.382 e. The standard InChI is InChI=1S/C6H7NO5S/c8-6-3-1-5(2-4-6)7(9)13(10,11)12/h1-4,8-9H,(H,10,11,12). The Kier molecular flexibility index (Phi) is 2.41. The van der Waals surface area contributed by atoms with Gasteiger partial charge in [-0.15, -0.1) is 4.47 Å². The molecule has 0 bridgehead atoms. The van der Waals surface area contributed by atoms with Crippen LogP contribution in [0.5, 0.6) is 5.75 Å². The summed E-state index contributed by atoms with van der Waals surface area (Å²) < 4.78 is 28.9. The summed E-state index contributed by atoms with van der Waals surface area (Å²) in [6.07, 6.45) is 0. The number of aromatic hydroxyl groups is 1. The van der Waals surface area contributed by atoms with E-state index in [1.807, 2.05) is 0 Å². The molecule has 13 heavy (non-hydrogen) atoms. The van der Waals surface area contributed by atoms with Crippen molar-refractivity contribution >= 4 is 16.0 Å². The Morgan fingerprint density at radius 3 is 2.00 bits per heavy atom. The highest BCUT2D eigenvalue weighted by atomic mass is 32.2. The summed E-state index contributed by atoms with van der Waals surface area (Å²) in [5.74, 6) is -0.0764. The zero-order valence-corrected chi connectivity index (χ0v) is 7.14. The average molecular weight is 205 g/mol. The Morgan fingerprint density at radius 2 is 1.62 bits per heavy atom. The second-order valence-corrected chi connectivity index (χ2v) is 3.48. The fraction of sp³-hybridized carbons (Fsp3) is 0. The molecule has 0 aliphatic carbocycles. The lowest BCUT2D eigenvalue weighted by molar-refractivity contribution is 0.296. The van der Waals surface area contributed by atoms with Gasteiger partial charge in [0, 0.05) is 0 Å². The van der Waals surface area contributed by atoms with Gasteiger partial charge in [-0.25, -0.2) is 0 Å². The van der Waals surface area contributed by atoms with Gasteiger partial charge in [0.25, 0.3) is 0 Å². The van der Waals surface area contributed by atoms with E-state index in [0.717, 1.165) is 12.1 Å². The van der Waals surface area contributed by atoms with Crippen molar-refractivity contribution in [1.82, 2.24) is 0 Å². The highest BCUT2D eigenvalue weighted by Gasteiger charge is 2.16. The number of phenols is 1. The molecule has 7 heteroatoms. The van der Waals surface area contributed by atoms with Crippen LogP contribution in [-0.2, 0) is 10.3 Å². The molecule has 0 aliphatic heterocycles. The molecule has 3 N–H and O–H groups in total. The number of anilines is 1. The van der Waals surface area contributed by atoms with Crippen LogP contribution >= 0.6 is 0 Å². The molecule has 6 nitrogen and oxygen atoms in total. The maximum atomic E-state index is 10.4. The number of nitrogens with zero attached hydrogens (tertiary/aromatic N) is 1. The SMILES string of the molecule is O=S(=O)(O)N(O)c1ccc(O)cc1. The second kappa shape index (κ2) is 3.21. The molecule has 0 aliphatic rings. The van der Waals surface area contributed by atoms with E-state index in [1.54, 1.807) is 0 Å². The summed E-state index contributed by atoms with van der Waals surface area (Å²) in [5.41, 5.74) is -0.166. The molecule has 0 atom stereocenters. The van der Waals surface area contributed by atoms with Crippen molar-refractivity contribution in [3.05, 3.63) is 24.3 Å². The molecule has 1 rings (SSSR count). The fourth-order valence-electron chi connectivity index (χ4n) is 0.713. The van der Waals surface area contributed by atoms with Crippen LogP contribution < -0.4 is 4.47 Å². The second-order valence-electron chi connectivity index (χ2n) is 2.24. The average Bonchev–Trinajstić information content (AvgIpc) is 2.03. The number of hydrogen-bond donors (Lipinski definition) is 3. The summed E-state index contributed by atoms with van der Waals surface area (Å²) in [5, 5.41) is 17.7. The van der Waals surface area contributed by atoms with Crippen LogP contribution in [0, 0.1) is 0 Å². The summed E-state index contributed by atoms with van der Waals surface area (Å²) in [7, 11) is -4.66. The van der Waals surface area contributed by atoms with Gasteiger partial charge in [-0.05, 0) is 24.3 Å². The van der Waals surface area contributed by atoms with Crippen molar-refractivity contribution in [3.8, 4) is 5.75 Å². The first-order chi connectivity index (χ1) is 5.91. The lowest BCUT2D eigenvalue weighted by atomic mass is 10.3. The van der Waals surface area contributed by atoms with Crippen LogP contribution in [0.4, 0.5) is 5.69 Å². The van der Waals surface area contributed by atoms with E-state index in [1.165, 1.54) is 12.1 Å². The van der Waals surface area contributed by atoms with Gasteiger partial charge >= 0.3 is 10.3 Å². The highest BCUT2D eigenvalue weighted by Crippen LogP contribution is 2.18. The van der Waals surface area contributed by atoms with Gasteiger partial charge < -0.3 is 5.11 Å². The molecular weight excluding hydrogens is 198 g/mol. The Balaban J connectivity index is 3.04. The minimum absolute atomic E-state index is 0.0764. The van der Waals surface area contributed by atoms with Gasteiger partial charge in [0.05, 0.1) is 5.69 Å². The van der Waals surface area contributed by atoms with E-state index in [9.17, 15) is 8.42 Å². The number of phenolic OH excluding ortho intramolecular Hbond substituents is 1. The minimum atomic E-state index is -4.66. The third-order valence-electron chi connectivity index (χ3n) is 1.29. The van der Waals surface area contributed by atoms with E-state index in [-0.39, 0.29) is 15.9 Å². The highest BCUT2D eigenvalue weighted by molar-refractivity contribution is 7.87. The predicted octanol–water partition coefficient (Wildman–Crippen LogP) is 0.391. The molecule has 0 aromatic heterocycles. The zero-order chi connectivity index (χ0) is 10.1. The molecule has 0 fully saturated rings. The fourth-order valence-corrected chi connectivity index (χ4v) is 1.10. The van der Waals surface area contributed by atoms with Gasteiger partial charge in [0.15, 0.2) is 0 Å². The normalized spacial score (nSPS) is 11.2.